The predicted molar refractivity (Wildman–Crippen MR) is 42.4 cm³/mol. The van der Waals surface area contributed by atoms with Gasteiger partial charge < -0.3 is 10.1 Å². The highest BCUT2D eigenvalue weighted by molar-refractivity contribution is 4.82. The highest BCUT2D eigenvalue weighted by Crippen LogP contribution is 2.19. The van der Waals surface area contributed by atoms with Crippen molar-refractivity contribution in [3.63, 3.8) is 0 Å². The van der Waals surface area contributed by atoms with E-state index in [1.807, 2.05) is 6.92 Å². The second-order valence-corrected chi connectivity index (χ2v) is 3.27. The zero-order valence-corrected chi connectivity index (χ0v) is 7.03. The molecule has 1 N–H and O–H groups in total. The number of hydrogen-bond donors (Lipinski definition) is 1. The molecule has 0 bridgehead atoms. The summed E-state index contributed by atoms with van der Waals surface area (Å²) in [6.07, 6.45) is 2.17. The lowest BCUT2D eigenvalue weighted by molar-refractivity contribution is -0.0507. The maximum atomic E-state index is 11.8. The van der Waals surface area contributed by atoms with Crippen molar-refractivity contribution >= 4 is 0 Å². The van der Waals surface area contributed by atoms with Gasteiger partial charge in [-0.2, -0.15) is 0 Å². The Morgan fingerprint density at radius 2 is 2.45 bits per heavy atom. The van der Waals surface area contributed by atoms with Gasteiger partial charge in [0, 0.05) is 6.54 Å². The SMILES string of the molecule is CC1(OCCF)CCCNC1. The van der Waals surface area contributed by atoms with Crippen molar-refractivity contribution in [2.24, 2.45) is 0 Å². The molecule has 1 atom stereocenters. The van der Waals surface area contributed by atoms with Crippen LogP contribution in [-0.2, 0) is 4.74 Å². The van der Waals surface area contributed by atoms with E-state index >= 15 is 0 Å². The fraction of sp³-hybridized carbons (Fsp3) is 1.00. The lowest BCUT2D eigenvalue weighted by atomic mass is 9.96. The lowest BCUT2D eigenvalue weighted by Gasteiger charge is -2.33. The van der Waals surface area contributed by atoms with Crippen LogP contribution in [0.1, 0.15) is 19.8 Å². The number of hydrogen-bond acceptors (Lipinski definition) is 2. The summed E-state index contributed by atoms with van der Waals surface area (Å²) in [6, 6.07) is 0. The summed E-state index contributed by atoms with van der Waals surface area (Å²) in [6.45, 7) is 3.81. The van der Waals surface area contributed by atoms with Gasteiger partial charge in [0.1, 0.15) is 6.67 Å². The van der Waals surface area contributed by atoms with Gasteiger partial charge in [-0.25, -0.2) is 4.39 Å². The minimum Gasteiger partial charge on any atom is -0.371 e. The van der Waals surface area contributed by atoms with Crippen LogP contribution in [0.25, 0.3) is 0 Å². The maximum absolute atomic E-state index is 11.8. The van der Waals surface area contributed by atoms with Gasteiger partial charge in [-0.1, -0.05) is 0 Å². The average Bonchev–Trinajstić information content (AvgIpc) is 2.03. The molecule has 0 spiro atoms. The monoisotopic (exact) mass is 161 g/mol. The van der Waals surface area contributed by atoms with E-state index in [0.29, 0.717) is 0 Å². The molecule has 0 amide bonds. The summed E-state index contributed by atoms with van der Waals surface area (Å²) >= 11 is 0. The van der Waals surface area contributed by atoms with Crippen molar-refractivity contribution in [2.45, 2.75) is 25.4 Å². The molecule has 1 saturated heterocycles. The Kier molecular flexibility index (Phi) is 3.27. The summed E-state index contributed by atoms with van der Waals surface area (Å²) in [5.74, 6) is 0. The highest BCUT2D eigenvalue weighted by Gasteiger charge is 2.26. The Hall–Kier alpha value is -0.150. The molecule has 1 rings (SSSR count). The van der Waals surface area contributed by atoms with Gasteiger partial charge >= 0.3 is 0 Å². The zero-order valence-electron chi connectivity index (χ0n) is 7.03. The van der Waals surface area contributed by atoms with Gasteiger partial charge in [0.2, 0.25) is 0 Å². The van der Waals surface area contributed by atoms with E-state index in [4.69, 9.17) is 4.74 Å². The summed E-state index contributed by atoms with van der Waals surface area (Å²) in [5.41, 5.74) is -0.121. The number of rotatable bonds is 3. The third kappa shape index (κ3) is 2.75. The summed E-state index contributed by atoms with van der Waals surface area (Å²) in [4.78, 5) is 0. The Balaban J connectivity index is 2.25. The number of nitrogens with one attached hydrogen (secondary N) is 1. The summed E-state index contributed by atoms with van der Waals surface area (Å²) < 4.78 is 17.2. The van der Waals surface area contributed by atoms with Crippen LogP contribution in [0.3, 0.4) is 0 Å². The molecule has 0 radical (unpaired) electrons. The molecule has 0 aromatic heterocycles. The molecule has 1 aliphatic heterocycles. The summed E-state index contributed by atoms with van der Waals surface area (Å²) in [5, 5.41) is 3.24. The Morgan fingerprint density at radius 1 is 1.64 bits per heavy atom. The molecule has 1 aliphatic rings. The first-order chi connectivity index (χ1) is 5.27. The number of alkyl halides is 1. The minimum atomic E-state index is -0.379. The fourth-order valence-corrected chi connectivity index (χ4v) is 1.44. The van der Waals surface area contributed by atoms with Crippen molar-refractivity contribution < 1.29 is 9.13 Å². The van der Waals surface area contributed by atoms with Gasteiger partial charge in [-0.05, 0) is 26.3 Å². The lowest BCUT2D eigenvalue weighted by Crippen LogP contribution is -2.45. The van der Waals surface area contributed by atoms with Gasteiger partial charge in [-0.3, -0.25) is 0 Å². The van der Waals surface area contributed by atoms with Crippen LogP contribution < -0.4 is 5.32 Å². The van der Waals surface area contributed by atoms with Crippen LogP contribution in [0.15, 0.2) is 0 Å². The first-order valence-electron chi connectivity index (χ1n) is 4.17. The Labute approximate surface area is 67.1 Å². The molecule has 0 saturated carbocycles. The Bertz CT molecular complexity index is 113. The molecule has 2 nitrogen and oxygen atoms in total. The standard InChI is InChI=1S/C8H16FNO/c1-8(11-6-4-9)3-2-5-10-7-8/h10H,2-7H2,1H3. The zero-order chi connectivity index (χ0) is 8.16. The van der Waals surface area contributed by atoms with Crippen molar-refractivity contribution in [1.29, 1.82) is 0 Å². The van der Waals surface area contributed by atoms with Gasteiger partial charge in [0.25, 0.3) is 0 Å². The van der Waals surface area contributed by atoms with E-state index in [9.17, 15) is 4.39 Å². The molecule has 3 heteroatoms. The second-order valence-electron chi connectivity index (χ2n) is 3.27. The largest absolute Gasteiger partial charge is 0.371 e. The van der Waals surface area contributed by atoms with Crippen molar-refractivity contribution in [2.75, 3.05) is 26.4 Å². The third-order valence-electron chi connectivity index (χ3n) is 2.09. The van der Waals surface area contributed by atoms with Crippen LogP contribution in [0.4, 0.5) is 4.39 Å². The normalized spacial score (nSPS) is 32.2. The first-order valence-corrected chi connectivity index (χ1v) is 4.17. The van der Waals surface area contributed by atoms with Crippen molar-refractivity contribution in [3.05, 3.63) is 0 Å². The molecular formula is C8H16FNO. The van der Waals surface area contributed by atoms with Crippen LogP contribution in [0, 0.1) is 0 Å². The summed E-state index contributed by atoms with van der Waals surface area (Å²) in [7, 11) is 0. The molecule has 0 aromatic rings. The predicted octanol–water partition coefficient (Wildman–Crippen LogP) is 1.11. The van der Waals surface area contributed by atoms with Gasteiger partial charge in [-0.15, -0.1) is 0 Å². The quantitative estimate of drug-likeness (QED) is 0.669. The highest BCUT2D eigenvalue weighted by atomic mass is 19.1. The molecule has 0 aliphatic carbocycles. The van der Waals surface area contributed by atoms with Crippen LogP contribution in [0.5, 0.6) is 0 Å². The molecule has 11 heavy (non-hydrogen) atoms. The maximum Gasteiger partial charge on any atom is 0.113 e. The van der Waals surface area contributed by atoms with Gasteiger partial charge in [0.15, 0.2) is 0 Å². The Morgan fingerprint density at radius 3 is 3.00 bits per heavy atom. The van der Waals surface area contributed by atoms with Crippen LogP contribution in [-0.4, -0.2) is 32.0 Å². The van der Waals surface area contributed by atoms with Crippen molar-refractivity contribution in [3.8, 4) is 0 Å². The molecule has 1 unspecified atom stereocenters. The van der Waals surface area contributed by atoms with E-state index in [0.717, 1.165) is 25.9 Å². The van der Waals surface area contributed by atoms with Gasteiger partial charge in [0.05, 0.1) is 12.2 Å². The van der Waals surface area contributed by atoms with Crippen molar-refractivity contribution in [1.82, 2.24) is 5.32 Å². The van der Waals surface area contributed by atoms with Crippen LogP contribution in [0.2, 0.25) is 0 Å². The molecule has 1 heterocycles. The number of piperidine rings is 1. The average molecular weight is 161 g/mol. The molecule has 66 valence electrons. The molecule has 1 fully saturated rings. The molecular weight excluding hydrogens is 145 g/mol. The number of halogens is 1. The first kappa shape index (κ1) is 8.94. The minimum absolute atomic E-state index is 0.121. The number of ether oxygens (including phenoxy) is 1. The topological polar surface area (TPSA) is 21.3 Å². The fourth-order valence-electron chi connectivity index (χ4n) is 1.44. The van der Waals surface area contributed by atoms with E-state index in [-0.39, 0.29) is 18.9 Å². The smallest absolute Gasteiger partial charge is 0.113 e. The van der Waals surface area contributed by atoms with Crippen LogP contribution >= 0.6 is 0 Å². The van der Waals surface area contributed by atoms with E-state index < -0.39 is 0 Å². The van der Waals surface area contributed by atoms with E-state index in [2.05, 4.69) is 5.32 Å². The van der Waals surface area contributed by atoms with E-state index in [1.54, 1.807) is 0 Å². The van der Waals surface area contributed by atoms with E-state index in [1.165, 1.54) is 0 Å². The molecule has 0 aromatic carbocycles. The third-order valence-corrected chi connectivity index (χ3v) is 2.09. The second kappa shape index (κ2) is 4.02.